The lowest BCUT2D eigenvalue weighted by Gasteiger charge is -2.11. The maximum absolute atomic E-state index is 9.57. The number of hydrogen-bond acceptors (Lipinski definition) is 6. The standard InChI is InChI=1S/C13H18N4O3/c1-20-11-4-2-3-9(5-11)13-12(6-14)15-16-17(13)7-10(19)8-18/h2-5,10,18-19H,6-8,14H2,1H3. The Morgan fingerprint density at radius 2 is 2.25 bits per heavy atom. The summed E-state index contributed by atoms with van der Waals surface area (Å²) in [6.45, 7) is 0.0488. The van der Waals surface area contributed by atoms with Crippen molar-refractivity contribution >= 4 is 0 Å². The molecule has 20 heavy (non-hydrogen) atoms. The summed E-state index contributed by atoms with van der Waals surface area (Å²) in [6, 6.07) is 7.43. The fraction of sp³-hybridized carbons (Fsp3) is 0.385. The molecule has 0 spiro atoms. The van der Waals surface area contributed by atoms with Crippen molar-refractivity contribution in [1.29, 1.82) is 0 Å². The zero-order valence-electron chi connectivity index (χ0n) is 11.2. The molecule has 7 heteroatoms. The van der Waals surface area contributed by atoms with Gasteiger partial charge in [-0.1, -0.05) is 17.3 Å². The largest absolute Gasteiger partial charge is 0.497 e. The molecule has 0 saturated heterocycles. The lowest BCUT2D eigenvalue weighted by atomic mass is 10.1. The lowest BCUT2D eigenvalue weighted by molar-refractivity contribution is 0.0782. The molecule has 108 valence electrons. The van der Waals surface area contributed by atoms with E-state index in [4.69, 9.17) is 15.6 Å². The van der Waals surface area contributed by atoms with Gasteiger partial charge in [-0.2, -0.15) is 0 Å². The molecule has 1 unspecified atom stereocenters. The van der Waals surface area contributed by atoms with Gasteiger partial charge in [0.2, 0.25) is 0 Å². The molecule has 1 atom stereocenters. The molecule has 0 amide bonds. The first-order valence-corrected chi connectivity index (χ1v) is 6.25. The molecule has 0 fully saturated rings. The Kier molecular flexibility index (Phi) is 4.67. The van der Waals surface area contributed by atoms with Gasteiger partial charge in [0.1, 0.15) is 11.4 Å². The molecular formula is C13H18N4O3. The molecule has 2 aromatic rings. The number of hydrogen-bond donors (Lipinski definition) is 3. The molecule has 0 aliphatic carbocycles. The Bertz CT molecular complexity index is 570. The van der Waals surface area contributed by atoms with E-state index in [0.717, 1.165) is 11.3 Å². The van der Waals surface area contributed by atoms with Gasteiger partial charge in [0.25, 0.3) is 0 Å². The van der Waals surface area contributed by atoms with E-state index in [2.05, 4.69) is 10.3 Å². The highest BCUT2D eigenvalue weighted by Crippen LogP contribution is 2.26. The molecule has 1 aromatic heterocycles. The molecule has 0 aliphatic heterocycles. The molecule has 0 aliphatic rings. The Hall–Kier alpha value is -1.96. The second kappa shape index (κ2) is 6.47. The van der Waals surface area contributed by atoms with Crippen LogP contribution in [0.2, 0.25) is 0 Å². The average Bonchev–Trinajstić information content (AvgIpc) is 2.89. The molecule has 1 heterocycles. The predicted molar refractivity (Wildman–Crippen MR) is 73.0 cm³/mol. The molecule has 0 radical (unpaired) electrons. The predicted octanol–water partition coefficient (Wildman–Crippen LogP) is -0.234. The van der Waals surface area contributed by atoms with Crippen molar-refractivity contribution in [3.05, 3.63) is 30.0 Å². The fourth-order valence-electron chi connectivity index (χ4n) is 1.96. The van der Waals surface area contributed by atoms with Gasteiger partial charge in [0, 0.05) is 12.1 Å². The van der Waals surface area contributed by atoms with Crippen LogP contribution in [-0.2, 0) is 13.1 Å². The topological polar surface area (TPSA) is 106 Å². The Labute approximate surface area is 116 Å². The highest BCUT2D eigenvalue weighted by atomic mass is 16.5. The number of aromatic nitrogens is 3. The maximum atomic E-state index is 9.57. The van der Waals surface area contributed by atoms with Crippen molar-refractivity contribution in [3.63, 3.8) is 0 Å². The van der Waals surface area contributed by atoms with E-state index in [-0.39, 0.29) is 19.7 Å². The first-order valence-electron chi connectivity index (χ1n) is 6.25. The van der Waals surface area contributed by atoms with E-state index in [1.807, 2.05) is 24.3 Å². The summed E-state index contributed by atoms with van der Waals surface area (Å²) in [6.07, 6.45) is -0.897. The minimum atomic E-state index is -0.897. The molecule has 1 aromatic carbocycles. The highest BCUT2D eigenvalue weighted by Gasteiger charge is 2.16. The van der Waals surface area contributed by atoms with E-state index < -0.39 is 6.10 Å². The van der Waals surface area contributed by atoms with Gasteiger partial charge in [-0.15, -0.1) is 5.10 Å². The van der Waals surface area contributed by atoms with Crippen LogP contribution >= 0.6 is 0 Å². The first-order chi connectivity index (χ1) is 9.69. The summed E-state index contributed by atoms with van der Waals surface area (Å²) < 4.78 is 6.74. The van der Waals surface area contributed by atoms with Crippen molar-refractivity contribution in [1.82, 2.24) is 15.0 Å². The van der Waals surface area contributed by atoms with E-state index >= 15 is 0 Å². The van der Waals surface area contributed by atoms with Crippen LogP contribution in [-0.4, -0.2) is 45.0 Å². The molecule has 2 rings (SSSR count). The van der Waals surface area contributed by atoms with Crippen molar-refractivity contribution in [2.75, 3.05) is 13.7 Å². The highest BCUT2D eigenvalue weighted by molar-refractivity contribution is 5.63. The van der Waals surface area contributed by atoms with E-state index in [1.165, 1.54) is 4.68 Å². The average molecular weight is 278 g/mol. The van der Waals surface area contributed by atoms with Gasteiger partial charge in [0.05, 0.1) is 32.1 Å². The zero-order valence-corrected chi connectivity index (χ0v) is 11.2. The Morgan fingerprint density at radius 1 is 1.45 bits per heavy atom. The summed E-state index contributed by atoms with van der Waals surface area (Å²) in [5.41, 5.74) is 7.87. The fourth-order valence-corrected chi connectivity index (χ4v) is 1.96. The van der Waals surface area contributed by atoms with Crippen molar-refractivity contribution in [3.8, 4) is 17.0 Å². The number of ether oxygens (including phenoxy) is 1. The number of rotatable bonds is 6. The summed E-state index contributed by atoms with van der Waals surface area (Å²) in [7, 11) is 1.59. The normalized spacial score (nSPS) is 12.4. The quantitative estimate of drug-likeness (QED) is 0.673. The lowest BCUT2D eigenvalue weighted by Crippen LogP contribution is -2.21. The van der Waals surface area contributed by atoms with E-state index in [1.54, 1.807) is 7.11 Å². The third kappa shape index (κ3) is 2.96. The molecular weight excluding hydrogens is 260 g/mol. The van der Waals surface area contributed by atoms with Crippen LogP contribution in [0.15, 0.2) is 24.3 Å². The van der Waals surface area contributed by atoms with Crippen LogP contribution in [0, 0.1) is 0 Å². The molecule has 0 bridgehead atoms. The van der Waals surface area contributed by atoms with E-state index in [0.29, 0.717) is 11.4 Å². The van der Waals surface area contributed by atoms with Gasteiger partial charge in [-0.25, -0.2) is 4.68 Å². The SMILES string of the molecule is COc1cccc(-c2c(CN)nnn2CC(O)CO)c1. The molecule has 4 N–H and O–H groups in total. The number of aliphatic hydroxyl groups is 2. The Morgan fingerprint density at radius 3 is 2.90 bits per heavy atom. The number of nitrogens with two attached hydrogens (primary N) is 1. The van der Waals surface area contributed by atoms with Gasteiger partial charge in [0.15, 0.2) is 0 Å². The number of aliphatic hydroxyl groups excluding tert-OH is 2. The zero-order chi connectivity index (χ0) is 14.5. The van der Waals surface area contributed by atoms with Crippen LogP contribution in [0.4, 0.5) is 0 Å². The summed E-state index contributed by atoms with van der Waals surface area (Å²) >= 11 is 0. The summed E-state index contributed by atoms with van der Waals surface area (Å²) in [4.78, 5) is 0. The second-order valence-corrected chi connectivity index (χ2v) is 4.34. The summed E-state index contributed by atoms with van der Waals surface area (Å²) in [5.74, 6) is 0.709. The van der Waals surface area contributed by atoms with Gasteiger partial charge in [-0.05, 0) is 12.1 Å². The van der Waals surface area contributed by atoms with Crippen molar-refractivity contribution in [2.45, 2.75) is 19.2 Å². The third-order valence-corrected chi connectivity index (χ3v) is 2.94. The maximum Gasteiger partial charge on any atom is 0.119 e. The van der Waals surface area contributed by atoms with Crippen molar-refractivity contribution < 1.29 is 14.9 Å². The van der Waals surface area contributed by atoms with Crippen LogP contribution < -0.4 is 10.5 Å². The summed E-state index contributed by atoms with van der Waals surface area (Å²) in [5, 5.41) is 26.5. The van der Waals surface area contributed by atoms with E-state index in [9.17, 15) is 5.11 Å². The monoisotopic (exact) mass is 278 g/mol. The second-order valence-electron chi connectivity index (χ2n) is 4.34. The third-order valence-electron chi connectivity index (χ3n) is 2.94. The van der Waals surface area contributed by atoms with Crippen LogP contribution in [0.25, 0.3) is 11.3 Å². The Balaban J connectivity index is 2.44. The van der Waals surface area contributed by atoms with Crippen LogP contribution in [0.5, 0.6) is 5.75 Å². The minimum Gasteiger partial charge on any atom is -0.497 e. The van der Waals surface area contributed by atoms with Crippen molar-refractivity contribution in [2.24, 2.45) is 5.73 Å². The minimum absolute atomic E-state index is 0.149. The van der Waals surface area contributed by atoms with Gasteiger partial charge >= 0.3 is 0 Å². The number of nitrogens with zero attached hydrogens (tertiary/aromatic N) is 3. The van der Waals surface area contributed by atoms with Gasteiger partial charge in [-0.3, -0.25) is 0 Å². The smallest absolute Gasteiger partial charge is 0.119 e. The van der Waals surface area contributed by atoms with Gasteiger partial charge < -0.3 is 20.7 Å². The first kappa shape index (κ1) is 14.4. The molecule has 7 nitrogen and oxygen atoms in total. The van der Waals surface area contributed by atoms with Crippen LogP contribution in [0.3, 0.4) is 0 Å². The van der Waals surface area contributed by atoms with Crippen LogP contribution in [0.1, 0.15) is 5.69 Å². The number of benzene rings is 1. The molecule has 0 saturated carbocycles. The number of methoxy groups -OCH3 is 1.